The number of Topliss-reactive ketones (excluding diaryl/α,β-unsaturated/α-hetero) is 1. The van der Waals surface area contributed by atoms with Crippen molar-refractivity contribution >= 4 is 40.2 Å². The number of halogens is 1. The number of hydrogen-bond donors (Lipinski definition) is 1. The highest BCUT2D eigenvalue weighted by atomic mass is 35.5. The van der Waals surface area contributed by atoms with Gasteiger partial charge in [-0.05, 0) is 70.2 Å². The van der Waals surface area contributed by atoms with E-state index in [9.17, 15) is 14.7 Å². The summed E-state index contributed by atoms with van der Waals surface area (Å²) in [7, 11) is 2.95. The van der Waals surface area contributed by atoms with Crippen molar-refractivity contribution in [3.05, 3.63) is 52.3 Å². The number of aliphatic hydroxyl groups is 1. The number of fused-ring (bicyclic) bond motifs is 3. The van der Waals surface area contributed by atoms with Crippen LogP contribution in [0.15, 0.2) is 30.3 Å². The molecule has 1 fully saturated rings. The van der Waals surface area contributed by atoms with Crippen LogP contribution in [0.2, 0.25) is 5.02 Å². The summed E-state index contributed by atoms with van der Waals surface area (Å²) in [6.45, 7) is 3.67. The van der Waals surface area contributed by atoms with Crippen LogP contribution in [-0.4, -0.2) is 46.8 Å². The van der Waals surface area contributed by atoms with Crippen molar-refractivity contribution < 1.29 is 24.2 Å². The molecule has 1 aromatic heterocycles. The Morgan fingerprint density at radius 3 is 2.63 bits per heavy atom. The smallest absolute Gasteiger partial charge is 0.414 e. The summed E-state index contributed by atoms with van der Waals surface area (Å²) in [5.41, 5.74) is 3.91. The number of anilines is 1. The summed E-state index contributed by atoms with van der Waals surface area (Å²) >= 11 is 6.58. The van der Waals surface area contributed by atoms with E-state index in [4.69, 9.17) is 26.1 Å². The van der Waals surface area contributed by atoms with Crippen LogP contribution in [0.25, 0.3) is 11.0 Å². The number of carbonyl (C=O) groups excluding carboxylic acids is 2. The lowest BCUT2D eigenvalue weighted by atomic mass is 9.83. The number of benzene rings is 2. The van der Waals surface area contributed by atoms with Gasteiger partial charge in [0.1, 0.15) is 23.5 Å². The summed E-state index contributed by atoms with van der Waals surface area (Å²) in [6.07, 6.45) is 3.40. The molecular weight excluding hydrogens is 506 g/mol. The first kappa shape index (κ1) is 26.5. The summed E-state index contributed by atoms with van der Waals surface area (Å²) in [5, 5.41) is 12.1. The first-order valence-corrected chi connectivity index (χ1v) is 13.6. The monoisotopic (exact) mass is 539 g/mol. The lowest BCUT2D eigenvalue weighted by molar-refractivity contribution is -0.122. The summed E-state index contributed by atoms with van der Waals surface area (Å²) in [5.74, 6) is 1.26. The zero-order valence-corrected chi connectivity index (χ0v) is 23.0. The van der Waals surface area contributed by atoms with Gasteiger partial charge in [0.2, 0.25) is 0 Å². The molecule has 0 radical (unpaired) electrons. The predicted octanol–water partition coefficient (Wildman–Crippen LogP) is 6.01. The van der Waals surface area contributed by atoms with Crippen LogP contribution >= 0.6 is 11.6 Å². The third-order valence-electron chi connectivity index (χ3n) is 8.19. The van der Waals surface area contributed by atoms with Crippen LogP contribution in [0.4, 0.5) is 10.5 Å². The Kier molecular flexibility index (Phi) is 7.38. The molecule has 2 aliphatic rings. The topological polar surface area (TPSA) is 93.9 Å². The van der Waals surface area contributed by atoms with Crippen molar-refractivity contribution in [3.8, 4) is 5.75 Å². The lowest BCUT2D eigenvalue weighted by Gasteiger charge is -2.34. The molecule has 2 aromatic carbocycles. The van der Waals surface area contributed by atoms with Crippen LogP contribution in [-0.2, 0) is 16.0 Å². The third-order valence-corrected chi connectivity index (χ3v) is 8.51. The highest BCUT2D eigenvalue weighted by molar-refractivity contribution is 6.31. The maximum Gasteiger partial charge on any atom is 0.414 e. The van der Waals surface area contributed by atoms with Gasteiger partial charge in [0.25, 0.3) is 0 Å². The van der Waals surface area contributed by atoms with Gasteiger partial charge in [-0.1, -0.05) is 24.1 Å². The first-order valence-electron chi connectivity index (χ1n) is 13.2. The Balaban J connectivity index is 1.70. The molecule has 1 aliphatic heterocycles. The molecule has 0 spiro atoms. The second-order valence-electron chi connectivity index (χ2n) is 10.4. The molecule has 1 N–H and O–H groups in total. The zero-order valence-electron chi connectivity index (χ0n) is 22.2. The van der Waals surface area contributed by atoms with E-state index in [1.165, 1.54) is 7.11 Å². The van der Waals surface area contributed by atoms with E-state index in [1.807, 2.05) is 19.1 Å². The number of carbonyl (C=O) groups is 2. The van der Waals surface area contributed by atoms with E-state index in [2.05, 4.69) is 4.57 Å². The van der Waals surface area contributed by atoms with Gasteiger partial charge in [0, 0.05) is 29.1 Å². The molecule has 38 heavy (non-hydrogen) atoms. The van der Waals surface area contributed by atoms with Gasteiger partial charge < -0.3 is 19.1 Å². The van der Waals surface area contributed by atoms with E-state index in [0.717, 1.165) is 54.4 Å². The minimum Gasteiger partial charge on any atom is -0.497 e. The number of aliphatic hydroxyl groups excluding tert-OH is 1. The standard InChI is InChI=1S/C29H34ClN3O5/c1-16-8-10-22-24(32(16)29(36)38-4)12-13-25-26(22)31-28(27(35)21-11-9-20(37-3)15-23(21)30)33(25)19-7-5-6-18(14-19)17(2)34/h9,11-13,15-16,18-19,27,35H,5-8,10,14H2,1-4H3/t16-,18+,19+,27-/m0/s1. The van der Waals surface area contributed by atoms with E-state index in [1.54, 1.807) is 37.1 Å². The van der Waals surface area contributed by atoms with Crippen molar-refractivity contribution in [1.82, 2.24) is 9.55 Å². The molecule has 3 aromatic rings. The second-order valence-corrected chi connectivity index (χ2v) is 10.8. The quantitative estimate of drug-likeness (QED) is 0.427. The van der Waals surface area contributed by atoms with Crippen molar-refractivity contribution in [2.75, 3.05) is 19.1 Å². The average Bonchev–Trinajstić information content (AvgIpc) is 3.32. The number of rotatable bonds is 5. The van der Waals surface area contributed by atoms with E-state index >= 15 is 0 Å². The molecular formula is C29H34ClN3O5. The molecule has 1 saturated carbocycles. The van der Waals surface area contributed by atoms with Crippen LogP contribution in [0.1, 0.15) is 75.0 Å². The Morgan fingerprint density at radius 2 is 1.95 bits per heavy atom. The lowest BCUT2D eigenvalue weighted by Crippen LogP contribution is -2.42. The van der Waals surface area contributed by atoms with Gasteiger partial charge in [-0.15, -0.1) is 0 Å². The minimum atomic E-state index is -1.09. The molecule has 4 atom stereocenters. The molecule has 1 aliphatic carbocycles. The molecule has 1 amide bonds. The third kappa shape index (κ3) is 4.54. The largest absolute Gasteiger partial charge is 0.497 e. The maximum absolute atomic E-state index is 12.7. The molecule has 0 unspecified atom stereocenters. The fourth-order valence-corrected chi connectivity index (χ4v) is 6.41. The number of ether oxygens (including phenoxy) is 2. The van der Waals surface area contributed by atoms with Crippen molar-refractivity contribution in [2.24, 2.45) is 5.92 Å². The number of hydrogen-bond acceptors (Lipinski definition) is 6. The summed E-state index contributed by atoms with van der Waals surface area (Å²) < 4.78 is 12.5. The average molecular weight is 540 g/mol. The fourth-order valence-electron chi connectivity index (χ4n) is 6.13. The van der Waals surface area contributed by atoms with E-state index in [0.29, 0.717) is 28.6 Å². The van der Waals surface area contributed by atoms with Crippen LogP contribution in [0, 0.1) is 5.92 Å². The Labute approximate surface area is 227 Å². The summed E-state index contributed by atoms with van der Waals surface area (Å²) in [6, 6.07) is 9.11. The van der Waals surface area contributed by atoms with Crippen LogP contribution < -0.4 is 9.64 Å². The molecule has 5 rings (SSSR count). The van der Waals surface area contributed by atoms with Gasteiger partial charge in [0.15, 0.2) is 0 Å². The minimum absolute atomic E-state index is 0.00148. The molecule has 0 saturated heterocycles. The van der Waals surface area contributed by atoms with Crippen LogP contribution in [0.3, 0.4) is 0 Å². The fraction of sp³-hybridized carbons (Fsp3) is 0.483. The molecule has 2 heterocycles. The van der Waals surface area contributed by atoms with Crippen molar-refractivity contribution in [1.29, 1.82) is 0 Å². The van der Waals surface area contributed by atoms with Gasteiger partial charge in [0.05, 0.1) is 36.0 Å². The number of methoxy groups -OCH3 is 2. The number of aryl methyl sites for hydroxylation is 1. The molecule has 8 nitrogen and oxygen atoms in total. The Hall–Kier alpha value is -3.10. The predicted molar refractivity (Wildman–Crippen MR) is 146 cm³/mol. The number of aromatic nitrogens is 2. The van der Waals surface area contributed by atoms with Crippen molar-refractivity contribution in [2.45, 2.75) is 70.6 Å². The normalized spacial score (nSPS) is 22.2. The van der Waals surface area contributed by atoms with E-state index in [-0.39, 0.29) is 23.8 Å². The number of imidazole rings is 1. The number of ketones is 1. The zero-order chi connectivity index (χ0) is 27.1. The van der Waals surface area contributed by atoms with Gasteiger partial charge >= 0.3 is 6.09 Å². The Morgan fingerprint density at radius 1 is 1.16 bits per heavy atom. The second kappa shape index (κ2) is 10.6. The van der Waals surface area contributed by atoms with Gasteiger partial charge in [-0.3, -0.25) is 9.69 Å². The summed E-state index contributed by atoms with van der Waals surface area (Å²) in [4.78, 5) is 31.7. The van der Waals surface area contributed by atoms with Crippen molar-refractivity contribution in [3.63, 3.8) is 0 Å². The van der Waals surface area contributed by atoms with Crippen LogP contribution in [0.5, 0.6) is 5.75 Å². The van der Waals surface area contributed by atoms with E-state index < -0.39 is 12.2 Å². The highest BCUT2D eigenvalue weighted by Gasteiger charge is 2.35. The maximum atomic E-state index is 12.7. The number of nitrogens with zero attached hydrogens (tertiary/aromatic N) is 3. The molecule has 0 bridgehead atoms. The molecule has 9 heteroatoms. The number of amides is 1. The molecule has 202 valence electrons. The SMILES string of the molecule is COC(=O)N1c2ccc3c(nc([C@@H](O)c4ccc(OC)cc4Cl)n3[C@@H]3CCC[C@@H](C(C)=O)C3)c2CC[C@@H]1C. The Bertz CT molecular complexity index is 1390. The highest BCUT2D eigenvalue weighted by Crippen LogP contribution is 2.43. The van der Waals surface area contributed by atoms with Gasteiger partial charge in [-0.2, -0.15) is 0 Å². The first-order chi connectivity index (χ1) is 18.2. The van der Waals surface area contributed by atoms with Gasteiger partial charge in [-0.25, -0.2) is 9.78 Å².